The van der Waals surface area contributed by atoms with Crippen LogP contribution in [0, 0.1) is 24.3 Å². The highest BCUT2D eigenvalue weighted by molar-refractivity contribution is 5.77. The van der Waals surface area contributed by atoms with Crippen LogP contribution in [-0.4, -0.2) is 41.2 Å². The van der Waals surface area contributed by atoms with Crippen LogP contribution in [0.3, 0.4) is 0 Å². The lowest BCUT2D eigenvalue weighted by Gasteiger charge is -2.39. The molecule has 2 atom stereocenters. The number of carbonyl (C=O) groups excluding carboxylic acids is 1. The topological polar surface area (TPSA) is 97.7 Å². The molecule has 2 fully saturated rings. The van der Waals surface area contributed by atoms with E-state index in [-0.39, 0.29) is 30.9 Å². The lowest BCUT2D eigenvalue weighted by Crippen LogP contribution is -2.37. The minimum atomic E-state index is -0.710. The highest BCUT2D eigenvalue weighted by Crippen LogP contribution is 2.42. The van der Waals surface area contributed by atoms with Crippen molar-refractivity contribution in [3.8, 4) is 11.8 Å². The zero-order valence-electron chi connectivity index (χ0n) is 17.2. The van der Waals surface area contributed by atoms with Gasteiger partial charge in [-0.1, -0.05) is 19.3 Å². The number of hydrogen-bond donors (Lipinski definition) is 2. The maximum atomic E-state index is 12.2. The van der Waals surface area contributed by atoms with Gasteiger partial charge in [-0.05, 0) is 37.0 Å². The summed E-state index contributed by atoms with van der Waals surface area (Å²) in [5.41, 5.74) is -1.34. The van der Waals surface area contributed by atoms with Gasteiger partial charge in [0.2, 0.25) is 11.8 Å². The maximum absolute atomic E-state index is 12.2. The van der Waals surface area contributed by atoms with Gasteiger partial charge in [-0.2, -0.15) is 4.98 Å². The Hall–Kier alpha value is -2.56. The molecule has 1 aromatic heterocycles. The Balaban J connectivity index is 1.45. The van der Waals surface area contributed by atoms with Crippen LogP contribution in [0.5, 0.6) is 11.8 Å². The van der Waals surface area contributed by atoms with E-state index in [2.05, 4.69) is 20.1 Å². The minimum absolute atomic E-state index is 0.0201. The van der Waals surface area contributed by atoms with Gasteiger partial charge in [0.25, 0.3) is 11.4 Å². The SMILES string of the molecule is [C-]#[N+]C(C)(C)COc1cc(OCC(=O)NCC2CC3CCCC(C3)C2)nc(=O)[nH]1. The molecule has 0 aromatic carbocycles. The molecule has 2 aliphatic rings. The number of amides is 1. The molecule has 0 aliphatic heterocycles. The molecule has 29 heavy (non-hydrogen) atoms. The molecule has 2 aliphatic carbocycles. The van der Waals surface area contributed by atoms with E-state index in [1.807, 2.05) is 0 Å². The Bertz CT molecular complexity index is 802. The molecule has 8 nitrogen and oxygen atoms in total. The van der Waals surface area contributed by atoms with E-state index in [1.165, 1.54) is 44.6 Å². The molecular formula is C21H30N4O4. The minimum Gasteiger partial charge on any atom is -0.470 e. The summed E-state index contributed by atoms with van der Waals surface area (Å²) in [6.45, 7) is 11.2. The van der Waals surface area contributed by atoms with Crippen LogP contribution in [-0.2, 0) is 4.79 Å². The monoisotopic (exact) mass is 402 g/mol. The third-order valence-electron chi connectivity index (χ3n) is 5.74. The fourth-order valence-corrected chi connectivity index (χ4v) is 4.34. The second-order valence-corrected chi connectivity index (χ2v) is 8.93. The van der Waals surface area contributed by atoms with Crippen molar-refractivity contribution in [2.45, 2.75) is 57.9 Å². The largest absolute Gasteiger partial charge is 0.470 e. The summed E-state index contributed by atoms with van der Waals surface area (Å²) < 4.78 is 10.8. The molecule has 0 radical (unpaired) electrons. The van der Waals surface area contributed by atoms with Crippen molar-refractivity contribution in [3.05, 3.63) is 28.0 Å². The Morgan fingerprint density at radius 3 is 2.72 bits per heavy atom. The lowest BCUT2D eigenvalue weighted by molar-refractivity contribution is -0.123. The van der Waals surface area contributed by atoms with Crippen LogP contribution in [0.15, 0.2) is 10.9 Å². The highest BCUT2D eigenvalue weighted by atomic mass is 16.5. The van der Waals surface area contributed by atoms with Crippen molar-refractivity contribution in [2.24, 2.45) is 17.8 Å². The third kappa shape index (κ3) is 6.48. The van der Waals surface area contributed by atoms with Gasteiger partial charge in [-0.3, -0.25) is 9.78 Å². The molecule has 1 heterocycles. The molecule has 2 saturated carbocycles. The van der Waals surface area contributed by atoms with Crippen molar-refractivity contribution in [2.75, 3.05) is 19.8 Å². The van der Waals surface area contributed by atoms with E-state index < -0.39 is 11.2 Å². The molecule has 2 bridgehead atoms. The van der Waals surface area contributed by atoms with E-state index in [0.29, 0.717) is 12.5 Å². The predicted molar refractivity (Wildman–Crippen MR) is 108 cm³/mol. The van der Waals surface area contributed by atoms with Gasteiger partial charge in [0, 0.05) is 20.4 Å². The van der Waals surface area contributed by atoms with E-state index in [9.17, 15) is 9.59 Å². The number of ether oxygens (including phenoxy) is 2. The lowest BCUT2D eigenvalue weighted by atomic mass is 9.68. The number of nitrogens with zero attached hydrogens (tertiary/aromatic N) is 2. The summed E-state index contributed by atoms with van der Waals surface area (Å²) in [7, 11) is 0. The first-order valence-corrected chi connectivity index (χ1v) is 10.4. The fourth-order valence-electron chi connectivity index (χ4n) is 4.34. The van der Waals surface area contributed by atoms with Crippen molar-refractivity contribution in [1.82, 2.24) is 15.3 Å². The average Bonchev–Trinajstić information content (AvgIpc) is 2.69. The van der Waals surface area contributed by atoms with Crippen LogP contribution >= 0.6 is 0 Å². The van der Waals surface area contributed by atoms with Crippen LogP contribution in [0.25, 0.3) is 4.85 Å². The van der Waals surface area contributed by atoms with Crippen molar-refractivity contribution >= 4 is 5.91 Å². The fraction of sp³-hybridized carbons (Fsp3) is 0.714. The van der Waals surface area contributed by atoms with Gasteiger partial charge in [0.1, 0.15) is 0 Å². The van der Waals surface area contributed by atoms with Gasteiger partial charge in [-0.15, -0.1) is 0 Å². The Morgan fingerprint density at radius 1 is 1.31 bits per heavy atom. The van der Waals surface area contributed by atoms with Gasteiger partial charge in [0.15, 0.2) is 13.2 Å². The average molecular weight is 402 g/mol. The number of aromatic amines is 1. The van der Waals surface area contributed by atoms with E-state index in [1.54, 1.807) is 13.8 Å². The summed E-state index contributed by atoms with van der Waals surface area (Å²) in [4.78, 5) is 33.4. The Kier molecular flexibility index (Phi) is 6.78. The van der Waals surface area contributed by atoms with Crippen LogP contribution in [0.4, 0.5) is 0 Å². The summed E-state index contributed by atoms with van der Waals surface area (Å²) in [6, 6.07) is 1.41. The Labute approximate surface area is 171 Å². The van der Waals surface area contributed by atoms with E-state index in [0.717, 1.165) is 11.8 Å². The standard InChI is InChI=1S/C21H30N4O4/c1-21(2,22-3)13-29-19-10-18(24-20(27)25-19)28-12-17(26)23-11-16-8-14-5-4-6-15(7-14)9-16/h10,14-16H,4-9,11-13H2,1-2H3,(H,23,26)(H,24,25,27). The first-order chi connectivity index (χ1) is 13.8. The maximum Gasteiger partial charge on any atom is 0.351 e. The molecular weight excluding hydrogens is 372 g/mol. The molecule has 2 unspecified atom stereocenters. The van der Waals surface area contributed by atoms with Gasteiger partial charge >= 0.3 is 5.69 Å². The number of carbonyl (C=O) groups is 1. The van der Waals surface area contributed by atoms with Crippen LogP contribution in [0.2, 0.25) is 0 Å². The molecule has 8 heteroatoms. The summed E-state index contributed by atoms with van der Waals surface area (Å²) in [5, 5.41) is 2.95. The first-order valence-electron chi connectivity index (χ1n) is 10.4. The molecule has 0 saturated heterocycles. The van der Waals surface area contributed by atoms with Crippen molar-refractivity contribution < 1.29 is 14.3 Å². The quantitative estimate of drug-likeness (QED) is 0.651. The normalized spacial score (nSPS) is 23.7. The van der Waals surface area contributed by atoms with Crippen LogP contribution < -0.4 is 20.5 Å². The van der Waals surface area contributed by atoms with E-state index >= 15 is 0 Å². The number of H-pyrrole nitrogens is 1. The summed E-state index contributed by atoms with van der Waals surface area (Å²) in [6.07, 6.45) is 7.78. The molecule has 2 N–H and O–H groups in total. The molecule has 158 valence electrons. The molecule has 3 rings (SSSR count). The zero-order valence-corrected chi connectivity index (χ0v) is 17.2. The summed E-state index contributed by atoms with van der Waals surface area (Å²) >= 11 is 0. The zero-order chi connectivity index (χ0) is 20.9. The molecule has 1 aromatic rings. The van der Waals surface area contributed by atoms with Gasteiger partial charge < -0.3 is 19.6 Å². The van der Waals surface area contributed by atoms with Gasteiger partial charge in [0.05, 0.1) is 6.07 Å². The number of hydrogen-bond acceptors (Lipinski definition) is 5. The second-order valence-electron chi connectivity index (χ2n) is 8.93. The van der Waals surface area contributed by atoms with Crippen molar-refractivity contribution in [3.63, 3.8) is 0 Å². The van der Waals surface area contributed by atoms with E-state index in [4.69, 9.17) is 16.0 Å². The van der Waals surface area contributed by atoms with Crippen LogP contribution in [0.1, 0.15) is 52.4 Å². The van der Waals surface area contributed by atoms with Gasteiger partial charge in [-0.25, -0.2) is 11.4 Å². The molecule has 1 amide bonds. The highest BCUT2D eigenvalue weighted by Gasteiger charge is 2.31. The second kappa shape index (κ2) is 9.29. The van der Waals surface area contributed by atoms with Crippen molar-refractivity contribution in [1.29, 1.82) is 0 Å². The predicted octanol–water partition coefficient (Wildman–Crippen LogP) is 2.56. The first kappa shape index (κ1) is 21.2. The number of fused-ring (bicyclic) bond motifs is 2. The number of rotatable bonds is 8. The molecule has 0 spiro atoms. The third-order valence-corrected chi connectivity index (χ3v) is 5.74. The smallest absolute Gasteiger partial charge is 0.351 e. The Morgan fingerprint density at radius 2 is 2.03 bits per heavy atom. The summed E-state index contributed by atoms with van der Waals surface area (Å²) in [5.74, 6) is 2.16. The number of aromatic nitrogens is 2. The number of nitrogens with one attached hydrogen (secondary N) is 2.